The number of carbonyl (C=O) groups is 1. The Kier molecular flexibility index (Phi) is 2.66. The number of rotatable bonds is 2. The fraction of sp³-hybridized carbons (Fsp3) is 0.267. The van der Waals surface area contributed by atoms with Crippen molar-refractivity contribution in [2.75, 3.05) is 0 Å². The van der Waals surface area contributed by atoms with Crippen LogP contribution < -0.4 is 4.74 Å². The lowest BCUT2D eigenvalue weighted by Gasteiger charge is -2.32. The maximum atomic E-state index is 11.3. The van der Waals surface area contributed by atoms with E-state index in [0.29, 0.717) is 5.56 Å². The average molecular weight is 228 g/mol. The van der Waals surface area contributed by atoms with Crippen LogP contribution in [0, 0.1) is 0 Å². The zero-order valence-electron chi connectivity index (χ0n) is 10.4. The number of ether oxygens (including phenoxy) is 1. The maximum absolute atomic E-state index is 11.3. The van der Waals surface area contributed by atoms with Crippen LogP contribution in [0.2, 0.25) is 0 Å². The molecule has 1 aromatic carbocycles. The van der Waals surface area contributed by atoms with Gasteiger partial charge in [0.25, 0.3) is 0 Å². The van der Waals surface area contributed by atoms with Crippen molar-refractivity contribution in [2.45, 2.75) is 26.4 Å². The SMILES string of the molecule is C=CC1=Cc2ccc(C(C)=O)cc2OC1(C)C. The molecule has 0 atom stereocenters. The van der Waals surface area contributed by atoms with E-state index < -0.39 is 5.60 Å². The summed E-state index contributed by atoms with van der Waals surface area (Å²) >= 11 is 0. The summed E-state index contributed by atoms with van der Waals surface area (Å²) in [5, 5.41) is 0. The standard InChI is InChI=1S/C15H16O2/c1-5-13-8-12-7-6-11(10(2)16)9-14(12)17-15(13,3)4/h5-9H,1H2,2-4H3. The second-order valence-electron chi connectivity index (χ2n) is 4.72. The van der Waals surface area contributed by atoms with Gasteiger partial charge in [0, 0.05) is 11.1 Å². The Morgan fingerprint density at radius 3 is 2.71 bits per heavy atom. The van der Waals surface area contributed by atoms with Crippen LogP contribution in [0.5, 0.6) is 5.75 Å². The normalized spacial score (nSPS) is 16.5. The summed E-state index contributed by atoms with van der Waals surface area (Å²) in [4.78, 5) is 11.3. The van der Waals surface area contributed by atoms with Crippen LogP contribution in [0.25, 0.3) is 6.08 Å². The van der Waals surface area contributed by atoms with Crippen molar-refractivity contribution in [3.63, 3.8) is 0 Å². The van der Waals surface area contributed by atoms with Gasteiger partial charge in [0.15, 0.2) is 5.78 Å². The van der Waals surface area contributed by atoms with Gasteiger partial charge in [-0.1, -0.05) is 24.8 Å². The van der Waals surface area contributed by atoms with Gasteiger partial charge in [0.05, 0.1) is 0 Å². The molecule has 0 spiro atoms. The second kappa shape index (κ2) is 3.88. The third-order valence-corrected chi connectivity index (χ3v) is 3.01. The van der Waals surface area contributed by atoms with Gasteiger partial charge in [-0.15, -0.1) is 0 Å². The minimum atomic E-state index is -0.399. The number of ketones is 1. The quantitative estimate of drug-likeness (QED) is 0.722. The summed E-state index contributed by atoms with van der Waals surface area (Å²) in [5.74, 6) is 0.806. The van der Waals surface area contributed by atoms with E-state index in [4.69, 9.17) is 4.74 Å². The van der Waals surface area contributed by atoms with Crippen LogP contribution in [-0.2, 0) is 0 Å². The molecule has 0 saturated heterocycles. The second-order valence-corrected chi connectivity index (χ2v) is 4.72. The molecule has 0 amide bonds. The van der Waals surface area contributed by atoms with Crippen molar-refractivity contribution in [2.24, 2.45) is 0 Å². The predicted molar refractivity (Wildman–Crippen MR) is 69.3 cm³/mol. The first-order valence-corrected chi connectivity index (χ1v) is 5.62. The van der Waals surface area contributed by atoms with Crippen molar-refractivity contribution >= 4 is 11.9 Å². The molecule has 1 aromatic rings. The summed E-state index contributed by atoms with van der Waals surface area (Å²) in [6.45, 7) is 9.33. The Morgan fingerprint density at radius 2 is 2.12 bits per heavy atom. The van der Waals surface area contributed by atoms with E-state index in [1.807, 2.05) is 32.1 Å². The molecule has 2 rings (SSSR count). The van der Waals surface area contributed by atoms with E-state index in [1.54, 1.807) is 13.0 Å². The van der Waals surface area contributed by atoms with Crippen molar-refractivity contribution in [3.05, 3.63) is 47.6 Å². The van der Waals surface area contributed by atoms with Crippen LogP contribution in [0.3, 0.4) is 0 Å². The van der Waals surface area contributed by atoms with Gasteiger partial charge in [-0.3, -0.25) is 4.79 Å². The number of fused-ring (bicyclic) bond motifs is 1. The Bertz CT molecular complexity index is 522. The van der Waals surface area contributed by atoms with Crippen LogP contribution in [-0.4, -0.2) is 11.4 Å². The zero-order chi connectivity index (χ0) is 12.6. The van der Waals surface area contributed by atoms with Gasteiger partial charge in [-0.25, -0.2) is 0 Å². The monoisotopic (exact) mass is 228 g/mol. The summed E-state index contributed by atoms with van der Waals surface area (Å²) < 4.78 is 5.92. The molecule has 0 saturated carbocycles. The Labute approximate surface area is 102 Å². The van der Waals surface area contributed by atoms with Crippen LogP contribution in [0.4, 0.5) is 0 Å². The molecule has 2 nitrogen and oxygen atoms in total. The summed E-state index contributed by atoms with van der Waals surface area (Å²) in [7, 11) is 0. The Morgan fingerprint density at radius 1 is 1.41 bits per heavy atom. The number of Topliss-reactive ketones (excluding diaryl/α,β-unsaturated/α-hetero) is 1. The highest BCUT2D eigenvalue weighted by Gasteiger charge is 2.28. The molecule has 0 fully saturated rings. The molecular weight excluding hydrogens is 212 g/mol. The van der Waals surface area contributed by atoms with Gasteiger partial charge < -0.3 is 4.74 Å². The van der Waals surface area contributed by atoms with Gasteiger partial charge in [-0.2, -0.15) is 0 Å². The van der Waals surface area contributed by atoms with Crippen LogP contribution in [0.15, 0.2) is 36.4 Å². The topological polar surface area (TPSA) is 26.3 Å². The smallest absolute Gasteiger partial charge is 0.159 e. The molecule has 2 heteroatoms. The highest BCUT2D eigenvalue weighted by Crippen LogP contribution is 2.36. The molecule has 0 aliphatic carbocycles. The van der Waals surface area contributed by atoms with Crippen molar-refractivity contribution in [1.29, 1.82) is 0 Å². The molecule has 0 bridgehead atoms. The van der Waals surface area contributed by atoms with E-state index in [-0.39, 0.29) is 5.78 Å². The van der Waals surface area contributed by atoms with Gasteiger partial charge in [-0.05, 0) is 38.5 Å². The highest BCUT2D eigenvalue weighted by molar-refractivity contribution is 5.95. The van der Waals surface area contributed by atoms with Gasteiger partial charge >= 0.3 is 0 Å². The minimum absolute atomic E-state index is 0.0488. The number of hydrogen-bond acceptors (Lipinski definition) is 2. The third-order valence-electron chi connectivity index (χ3n) is 3.01. The van der Waals surface area contributed by atoms with E-state index in [9.17, 15) is 4.79 Å². The van der Waals surface area contributed by atoms with Crippen molar-refractivity contribution < 1.29 is 9.53 Å². The van der Waals surface area contributed by atoms with Gasteiger partial charge in [0.1, 0.15) is 11.4 Å². The Balaban J connectivity index is 2.54. The van der Waals surface area contributed by atoms with Gasteiger partial charge in [0.2, 0.25) is 0 Å². The van der Waals surface area contributed by atoms with Crippen LogP contribution in [0.1, 0.15) is 36.7 Å². The number of benzene rings is 1. The lowest BCUT2D eigenvalue weighted by Crippen LogP contribution is -2.32. The largest absolute Gasteiger partial charge is 0.483 e. The fourth-order valence-electron chi connectivity index (χ4n) is 1.94. The summed E-state index contributed by atoms with van der Waals surface area (Å²) in [6.07, 6.45) is 3.86. The molecule has 0 aromatic heterocycles. The average Bonchev–Trinajstić information content (AvgIpc) is 2.25. The predicted octanol–water partition coefficient (Wildman–Crippen LogP) is 3.63. The molecule has 0 unspecified atom stereocenters. The lowest BCUT2D eigenvalue weighted by molar-refractivity contribution is 0.101. The lowest BCUT2D eigenvalue weighted by atomic mass is 9.92. The molecule has 1 heterocycles. The molecule has 1 aliphatic heterocycles. The molecule has 17 heavy (non-hydrogen) atoms. The first-order valence-electron chi connectivity index (χ1n) is 5.62. The zero-order valence-corrected chi connectivity index (χ0v) is 10.4. The molecule has 0 radical (unpaired) electrons. The first-order chi connectivity index (χ1) is 7.94. The van der Waals surface area contributed by atoms with Crippen molar-refractivity contribution in [1.82, 2.24) is 0 Å². The van der Waals surface area contributed by atoms with E-state index in [1.165, 1.54) is 0 Å². The first kappa shape index (κ1) is 11.6. The van der Waals surface area contributed by atoms with Crippen LogP contribution >= 0.6 is 0 Å². The number of carbonyl (C=O) groups excluding carboxylic acids is 1. The summed E-state index contributed by atoms with van der Waals surface area (Å²) in [5.41, 5.74) is 2.31. The fourth-order valence-corrected chi connectivity index (χ4v) is 1.94. The van der Waals surface area contributed by atoms with E-state index >= 15 is 0 Å². The molecule has 1 aliphatic rings. The molecular formula is C15H16O2. The van der Waals surface area contributed by atoms with E-state index in [0.717, 1.165) is 16.9 Å². The molecule has 0 N–H and O–H groups in total. The maximum Gasteiger partial charge on any atom is 0.159 e. The van der Waals surface area contributed by atoms with Crippen molar-refractivity contribution in [3.8, 4) is 5.75 Å². The highest BCUT2D eigenvalue weighted by atomic mass is 16.5. The van der Waals surface area contributed by atoms with E-state index in [2.05, 4.69) is 12.7 Å². The minimum Gasteiger partial charge on any atom is -0.483 e. The summed E-state index contributed by atoms with van der Waals surface area (Å²) in [6, 6.07) is 5.53. The molecule has 88 valence electrons. The number of hydrogen-bond donors (Lipinski definition) is 0. The third kappa shape index (κ3) is 2.03. The Hall–Kier alpha value is -1.83.